The highest BCUT2D eigenvalue weighted by atomic mass is 19.4. The van der Waals surface area contributed by atoms with Crippen LogP contribution in [-0.2, 0) is 4.74 Å². The number of carbonyl (C=O) groups is 1. The summed E-state index contributed by atoms with van der Waals surface area (Å²) >= 11 is 0. The number of aromatic amines is 1. The van der Waals surface area contributed by atoms with Crippen molar-refractivity contribution in [1.82, 2.24) is 30.0 Å². The van der Waals surface area contributed by atoms with Gasteiger partial charge in [-0.25, -0.2) is 14.8 Å². The lowest BCUT2D eigenvalue weighted by molar-refractivity contribution is -0.153. The fourth-order valence-corrected chi connectivity index (χ4v) is 7.85. The SMILES string of the molecule is C=Cc1cc2c(N3CCC4(CC3)CN(C(=O)OC(C)(C)C)C4)nc(C3CCN(C)CC3)nc2c(OCC(F)(F)F)c1-c1c(C)ccc2[nH]ncc12. The minimum absolute atomic E-state index is 0.00570. The maximum absolute atomic E-state index is 13.9. The predicted molar refractivity (Wildman–Crippen MR) is 192 cm³/mol. The number of benzene rings is 2. The summed E-state index contributed by atoms with van der Waals surface area (Å²) < 4.78 is 53.3. The zero-order valence-electron chi connectivity index (χ0n) is 30.0. The maximum atomic E-state index is 13.9. The number of alkyl halides is 3. The normalized spacial score (nSPS) is 18.7. The van der Waals surface area contributed by atoms with E-state index in [0.29, 0.717) is 59.9 Å². The number of H-pyrrole nitrogens is 1. The highest BCUT2D eigenvalue weighted by Gasteiger charge is 2.48. The van der Waals surface area contributed by atoms with Crippen LogP contribution in [0.15, 0.2) is 31.0 Å². The summed E-state index contributed by atoms with van der Waals surface area (Å²) in [5, 5.41) is 8.61. The quantitative estimate of drug-likeness (QED) is 0.218. The van der Waals surface area contributed by atoms with E-state index in [9.17, 15) is 18.0 Å². The van der Waals surface area contributed by atoms with E-state index in [2.05, 4.69) is 33.6 Å². The standard InChI is InChI=1S/C38H46F3N7O3/c1-7-24-18-26-31(32(50-22-38(39,40)41)30(24)29-23(2)8-9-28-27(29)19-42-45-28)43-33(25-10-14-46(6)15-11-25)44-34(26)47-16-12-37(13-17-47)20-48(21-37)35(49)51-36(3,4)5/h7-9,18-19,25H,1,10-17,20-22H2,2-6H3,(H,42,45). The molecule has 4 aromatic rings. The average Bonchev–Trinajstić information content (AvgIpc) is 3.53. The fourth-order valence-electron chi connectivity index (χ4n) is 7.85. The lowest BCUT2D eigenvalue weighted by Gasteiger charge is -2.53. The number of piperidine rings is 2. The van der Waals surface area contributed by atoms with E-state index in [1.165, 1.54) is 0 Å². The van der Waals surface area contributed by atoms with Crippen LogP contribution in [0.5, 0.6) is 5.75 Å². The second-order valence-corrected chi connectivity index (χ2v) is 15.6. The fraction of sp³-hybridized carbons (Fsp3) is 0.526. The minimum atomic E-state index is -4.58. The number of hydrogen-bond donors (Lipinski definition) is 1. The molecule has 0 atom stereocenters. The molecule has 0 radical (unpaired) electrons. The first kappa shape index (κ1) is 35.0. The Hall–Kier alpha value is -4.39. The molecule has 3 aliphatic rings. The number of carbonyl (C=O) groups excluding carboxylic acids is 1. The highest BCUT2D eigenvalue weighted by molar-refractivity contribution is 6.07. The van der Waals surface area contributed by atoms with Gasteiger partial charge in [0.2, 0.25) is 0 Å². The zero-order chi connectivity index (χ0) is 36.3. The molecule has 0 unspecified atom stereocenters. The van der Waals surface area contributed by atoms with Crippen molar-refractivity contribution in [3.63, 3.8) is 0 Å². The molecule has 5 heterocycles. The van der Waals surface area contributed by atoms with Crippen molar-refractivity contribution >= 4 is 39.8 Å². The minimum Gasteiger partial charge on any atom is -0.481 e. The molecule has 3 saturated heterocycles. The third-order valence-corrected chi connectivity index (χ3v) is 10.6. The van der Waals surface area contributed by atoms with Crippen LogP contribution in [0, 0.1) is 12.3 Å². The number of hydrogen-bond acceptors (Lipinski definition) is 8. The van der Waals surface area contributed by atoms with Crippen LogP contribution in [-0.4, -0.2) is 101 Å². The van der Waals surface area contributed by atoms with Gasteiger partial charge in [-0.1, -0.05) is 18.7 Å². The van der Waals surface area contributed by atoms with Crippen molar-refractivity contribution in [2.75, 3.05) is 57.8 Å². The molecular formula is C38H46F3N7O3. The molecule has 13 heteroatoms. The molecule has 1 N–H and O–H groups in total. The number of nitrogens with one attached hydrogen (secondary N) is 1. The lowest BCUT2D eigenvalue weighted by Crippen LogP contribution is -2.62. The van der Waals surface area contributed by atoms with E-state index in [1.807, 2.05) is 45.9 Å². The number of rotatable bonds is 6. The molecule has 7 rings (SSSR count). The zero-order valence-corrected chi connectivity index (χ0v) is 30.0. The second kappa shape index (κ2) is 13.0. The molecule has 51 heavy (non-hydrogen) atoms. The van der Waals surface area contributed by atoms with Gasteiger partial charge in [-0.15, -0.1) is 0 Å². The molecule has 0 saturated carbocycles. The molecule has 10 nitrogen and oxygen atoms in total. The Morgan fingerprint density at radius 1 is 1.06 bits per heavy atom. The smallest absolute Gasteiger partial charge is 0.422 e. The Bertz CT molecular complexity index is 1960. The number of nitrogens with zero attached hydrogens (tertiary/aromatic N) is 6. The van der Waals surface area contributed by atoms with Crippen molar-refractivity contribution < 1.29 is 27.4 Å². The first-order valence-corrected chi connectivity index (χ1v) is 17.7. The molecule has 3 aliphatic heterocycles. The van der Waals surface area contributed by atoms with Crippen molar-refractivity contribution in [1.29, 1.82) is 0 Å². The largest absolute Gasteiger partial charge is 0.481 e. The van der Waals surface area contributed by atoms with Gasteiger partial charge in [0.25, 0.3) is 0 Å². The highest BCUT2D eigenvalue weighted by Crippen LogP contribution is 2.48. The molecule has 1 spiro atoms. The van der Waals surface area contributed by atoms with Crippen LogP contribution in [0.4, 0.5) is 23.8 Å². The van der Waals surface area contributed by atoms with Crippen LogP contribution in [0.3, 0.4) is 0 Å². The van der Waals surface area contributed by atoms with Crippen molar-refractivity contribution in [2.45, 2.75) is 71.1 Å². The van der Waals surface area contributed by atoms with Gasteiger partial charge in [0, 0.05) is 53.8 Å². The molecule has 272 valence electrons. The van der Waals surface area contributed by atoms with E-state index in [0.717, 1.165) is 60.8 Å². The van der Waals surface area contributed by atoms with Gasteiger partial charge < -0.3 is 24.2 Å². The summed E-state index contributed by atoms with van der Waals surface area (Å²) in [5.41, 5.74) is 3.25. The Morgan fingerprint density at radius 2 is 1.76 bits per heavy atom. The average molecular weight is 706 g/mol. The summed E-state index contributed by atoms with van der Waals surface area (Å²) in [6, 6.07) is 5.77. The molecule has 2 aromatic carbocycles. The second-order valence-electron chi connectivity index (χ2n) is 15.6. The van der Waals surface area contributed by atoms with Crippen LogP contribution in [0.1, 0.15) is 69.3 Å². The molecule has 2 aromatic heterocycles. The van der Waals surface area contributed by atoms with E-state index >= 15 is 0 Å². The Morgan fingerprint density at radius 3 is 2.41 bits per heavy atom. The predicted octanol–water partition coefficient (Wildman–Crippen LogP) is 7.71. The Balaban J connectivity index is 1.34. The van der Waals surface area contributed by atoms with Gasteiger partial charge in [0.15, 0.2) is 12.4 Å². The van der Waals surface area contributed by atoms with Gasteiger partial charge in [-0.05, 0) is 102 Å². The van der Waals surface area contributed by atoms with Crippen LogP contribution >= 0.6 is 0 Å². The lowest BCUT2D eigenvalue weighted by atomic mass is 9.72. The summed E-state index contributed by atoms with van der Waals surface area (Å²) in [6.45, 7) is 14.5. The first-order valence-electron chi connectivity index (χ1n) is 17.7. The molecular weight excluding hydrogens is 659 g/mol. The third kappa shape index (κ3) is 6.96. The topological polar surface area (TPSA) is 99.7 Å². The number of aryl methyl sites for hydroxylation is 1. The van der Waals surface area contributed by atoms with Gasteiger partial charge in [-0.3, -0.25) is 5.10 Å². The number of amides is 1. The third-order valence-electron chi connectivity index (χ3n) is 10.6. The van der Waals surface area contributed by atoms with E-state index in [1.54, 1.807) is 17.2 Å². The van der Waals surface area contributed by atoms with Crippen molar-refractivity contribution in [2.24, 2.45) is 5.41 Å². The Labute approximate surface area is 296 Å². The Kier molecular flexibility index (Phi) is 8.92. The van der Waals surface area contributed by atoms with Gasteiger partial charge in [0.05, 0.1) is 11.7 Å². The molecule has 1 amide bonds. The number of halogens is 3. The summed E-state index contributed by atoms with van der Waals surface area (Å²) in [4.78, 5) is 29.3. The van der Waals surface area contributed by atoms with Crippen LogP contribution in [0.25, 0.3) is 39.0 Å². The molecule has 3 fully saturated rings. The molecule has 0 bridgehead atoms. The van der Waals surface area contributed by atoms with E-state index in [4.69, 9.17) is 19.4 Å². The molecule has 0 aliphatic carbocycles. The number of likely N-dealkylation sites (tertiary alicyclic amines) is 2. The van der Waals surface area contributed by atoms with Gasteiger partial charge in [-0.2, -0.15) is 18.3 Å². The van der Waals surface area contributed by atoms with E-state index < -0.39 is 18.4 Å². The monoisotopic (exact) mass is 705 g/mol. The maximum Gasteiger partial charge on any atom is 0.422 e. The summed E-state index contributed by atoms with van der Waals surface area (Å²) in [7, 11) is 2.09. The number of ether oxygens (including phenoxy) is 2. The number of anilines is 1. The van der Waals surface area contributed by atoms with Crippen molar-refractivity contribution in [3.8, 4) is 16.9 Å². The van der Waals surface area contributed by atoms with Gasteiger partial charge >= 0.3 is 12.3 Å². The van der Waals surface area contributed by atoms with Crippen molar-refractivity contribution in [3.05, 3.63) is 47.9 Å². The summed E-state index contributed by atoms with van der Waals surface area (Å²) in [5.74, 6) is 1.43. The van der Waals surface area contributed by atoms with E-state index in [-0.39, 0.29) is 23.2 Å². The number of aromatic nitrogens is 4. The summed E-state index contributed by atoms with van der Waals surface area (Å²) in [6.07, 6.45) is 1.84. The van der Waals surface area contributed by atoms with Crippen LogP contribution in [0.2, 0.25) is 0 Å². The van der Waals surface area contributed by atoms with Crippen LogP contribution < -0.4 is 9.64 Å². The van der Waals surface area contributed by atoms with Gasteiger partial charge in [0.1, 0.15) is 22.8 Å². The number of fused-ring (bicyclic) bond motifs is 2. The first-order chi connectivity index (χ1) is 24.1.